The maximum absolute atomic E-state index is 14.2. The number of nitrogens with zero attached hydrogens (tertiary/aromatic N) is 3. The second kappa shape index (κ2) is 10.0. The number of carbonyl (C=O) groups excluding carboxylic acids is 2. The van der Waals surface area contributed by atoms with E-state index in [-0.39, 0.29) is 28.9 Å². The Balaban J connectivity index is 1.47. The molecular formula is C24H18FN3O4S. The van der Waals surface area contributed by atoms with Gasteiger partial charge in [-0.25, -0.2) is 14.2 Å². The number of hydrogen-bond acceptors (Lipinski definition) is 7. The van der Waals surface area contributed by atoms with E-state index in [9.17, 15) is 14.0 Å². The number of carbonyl (C=O) groups is 2. The van der Waals surface area contributed by atoms with Gasteiger partial charge in [-0.2, -0.15) is 0 Å². The second-order valence-electron chi connectivity index (χ2n) is 6.79. The average molecular weight is 463 g/mol. The maximum atomic E-state index is 14.2. The van der Waals surface area contributed by atoms with Gasteiger partial charge < -0.3 is 9.47 Å². The number of amides is 1. The van der Waals surface area contributed by atoms with Gasteiger partial charge in [-0.15, -0.1) is 11.3 Å². The number of para-hydroxylation sites is 2. The Morgan fingerprint density at radius 2 is 1.85 bits per heavy atom. The fourth-order valence-electron chi connectivity index (χ4n) is 2.98. The van der Waals surface area contributed by atoms with Crippen molar-refractivity contribution >= 4 is 34.0 Å². The van der Waals surface area contributed by atoms with Gasteiger partial charge in [-0.3, -0.25) is 14.7 Å². The highest BCUT2D eigenvalue weighted by Gasteiger charge is 2.21. The summed E-state index contributed by atoms with van der Waals surface area (Å²) in [6.45, 7) is 1.20. The van der Waals surface area contributed by atoms with Crippen LogP contribution in [0.3, 0.4) is 0 Å². The van der Waals surface area contributed by atoms with Crippen LogP contribution in [0.4, 0.5) is 15.2 Å². The lowest BCUT2D eigenvalue weighted by Gasteiger charge is -2.18. The normalized spacial score (nSPS) is 10.5. The van der Waals surface area contributed by atoms with Crippen molar-refractivity contribution in [3.05, 3.63) is 95.5 Å². The lowest BCUT2D eigenvalue weighted by atomic mass is 10.2. The van der Waals surface area contributed by atoms with Gasteiger partial charge in [0.15, 0.2) is 5.13 Å². The molecule has 1 amide bonds. The minimum atomic E-state index is -0.596. The summed E-state index contributed by atoms with van der Waals surface area (Å²) in [4.78, 5) is 34.4. The molecule has 2 aromatic carbocycles. The van der Waals surface area contributed by atoms with Crippen LogP contribution in [0, 0.1) is 5.82 Å². The van der Waals surface area contributed by atoms with Gasteiger partial charge in [-0.1, -0.05) is 24.3 Å². The van der Waals surface area contributed by atoms with Crippen LogP contribution in [0.2, 0.25) is 0 Å². The molecule has 0 saturated carbocycles. The summed E-state index contributed by atoms with van der Waals surface area (Å²) in [5.41, 5.74) is 0.773. The first-order chi connectivity index (χ1) is 16.0. The molecule has 0 saturated heterocycles. The Labute approximate surface area is 193 Å². The van der Waals surface area contributed by atoms with Crippen LogP contribution in [-0.4, -0.2) is 21.8 Å². The number of aromatic nitrogens is 2. The number of hydrogen-bond donors (Lipinski definition) is 0. The van der Waals surface area contributed by atoms with Crippen molar-refractivity contribution in [2.24, 2.45) is 0 Å². The third-order valence-corrected chi connectivity index (χ3v) is 5.33. The maximum Gasteiger partial charge on any atom is 0.342 e. The molecule has 0 N–H and O–H groups in total. The Morgan fingerprint density at radius 1 is 1.06 bits per heavy atom. The van der Waals surface area contributed by atoms with Gasteiger partial charge in [0.05, 0.1) is 17.6 Å². The van der Waals surface area contributed by atoms with Gasteiger partial charge >= 0.3 is 5.97 Å². The number of anilines is 2. The third kappa shape index (κ3) is 5.21. The smallest absolute Gasteiger partial charge is 0.342 e. The van der Waals surface area contributed by atoms with Gasteiger partial charge in [0, 0.05) is 18.5 Å². The Bertz CT molecular complexity index is 1280. The van der Waals surface area contributed by atoms with Crippen LogP contribution >= 0.6 is 11.3 Å². The lowest BCUT2D eigenvalue weighted by molar-refractivity contribution is -0.115. The van der Waals surface area contributed by atoms with Crippen LogP contribution in [0.25, 0.3) is 0 Å². The molecule has 0 fully saturated rings. The summed E-state index contributed by atoms with van der Waals surface area (Å²) < 4.78 is 25.4. The molecule has 33 heavy (non-hydrogen) atoms. The molecule has 9 heteroatoms. The van der Waals surface area contributed by atoms with Crippen molar-refractivity contribution in [3.63, 3.8) is 0 Å². The minimum absolute atomic E-state index is 0.101. The molecule has 0 aliphatic carbocycles. The van der Waals surface area contributed by atoms with Crippen LogP contribution in [0.5, 0.6) is 11.5 Å². The predicted octanol–water partition coefficient (Wildman–Crippen LogP) is 5.51. The third-order valence-electron chi connectivity index (χ3n) is 4.46. The van der Waals surface area contributed by atoms with Gasteiger partial charge in [0.25, 0.3) is 0 Å². The monoisotopic (exact) mass is 463 g/mol. The first kappa shape index (κ1) is 22.1. The summed E-state index contributed by atoms with van der Waals surface area (Å²) in [5.74, 6) is -0.710. The van der Waals surface area contributed by atoms with E-state index in [1.165, 1.54) is 30.2 Å². The molecule has 0 unspecified atom stereocenters. The number of thiazole rings is 1. The standard InChI is InChI=1S/C24H18FN3O4S/c1-16(29)28(21-10-4-3-9-20(21)25)24-27-17(15-33-24)14-31-23(30)19-8-2-5-11-22(19)32-18-7-6-12-26-13-18/h2-13,15H,14H2,1H3. The number of benzene rings is 2. The van der Waals surface area contributed by atoms with Crippen molar-refractivity contribution < 1.29 is 23.5 Å². The molecule has 2 aromatic heterocycles. The van der Waals surface area contributed by atoms with E-state index < -0.39 is 11.8 Å². The highest BCUT2D eigenvalue weighted by atomic mass is 32.1. The molecule has 0 atom stereocenters. The van der Waals surface area contributed by atoms with E-state index in [0.717, 1.165) is 11.3 Å². The van der Waals surface area contributed by atoms with Crippen LogP contribution in [-0.2, 0) is 16.1 Å². The summed E-state index contributed by atoms with van der Waals surface area (Å²) >= 11 is 1.15. The SMILES string of the molecule is CC(=O)N(c1nc(COC(=O)c2ccccc2Oc2cccnc2)cs1)c1ccccc1F. The van der Waals surface area contributed by atoms with Crippen LogP contribution in [0.15, 0.2) is 78.4 Å². The van der Waals surface area contributed by atoms with Crippen LogP contribution < -0.4 is 9.64 Å². The molecule has 2 heterocycles. The fourth-order valence-corrected chi connectivity index (χ4v) is 3.85. The summed E-state index contributed by atoms with van der Waals surface area (Å²) in [6.07, 6.45) is 3.16. The number of pyridine rings is 1. The van der Waals surface area contributed by atoms with Crippen molar-refractivity contribution in [3.8, 4) is 11.5 Å². The molecule has 0 spiro atoms. The first-order valence-corrected chi connectivity index (χ1v) is 10.7. The van der Waals surface area contributed by atoms with E-state index in [1.807, 2.05) is 0 Å². The summed E-state index contributed by atoms with van der Waals surface area (Å²) in [5, 5.41) is 1.93. The predicted molar refractivity (Wildman–Crippen MR) is 121 cm³/mol. The Morgan fingerprint density at radius 3 is 2.61 bits per heavy atom. The van der Waals surface area contributed by atoms with E-state index >= 15 is 0 Å². The molecule has 0 radical (unpaired) electrons. The molecule has 0 aliphatic rings. The molecular weight excluding hydrogens is 445 g/mol. The highest BCUT2D eigenvalue weighted by molar-refractivity contribution is 7.14. The molecule has 0 bridgehead atoms. The number of rotatable bonds is 7. The Kier molecular flexibility index (Phi) is 6.70. The number of ether oxygens (including phenoxy) is 2. The lowest BCUT2D eigenvalue weighted by Crippen LogP contribution is -2.23. The van der Waals surface area contributed by atoms with Gasteiger partial charge in [0.2, 0.25) is 5.91 Å². The quantitative estimate of drug-likeness (QED) is 0.336. The zero-order valence-electron chi connectivity index (χ0n) is 17.5. The fraction of sp³-hybridized carbons (Fsp3) is 0.0833. The Hall–Kier alpha value is -4.11. The van der Waals surface area contributed by atoms with Crippen molar-refractivity contribution in [1.82, 2.24) is 9.97 Å². The minimum Gasteiger partial charge on any atom is -0.455 e. The van der Waals surface area contributed by atoms with E-state index in [1.54, 1.807) is 60.1 Å². The van der Waals surface area contributed by atoms with Crippen molar-refractivity contribution in [2.45, 2.75) is 13.5 Å². The molecule has 4 rings (SSSR count). The van der Waals surface area contributed by atoms with Gasteiger partial charge in [-0.05, 0) is 36.4 Å². The molecule has 7 nitrogen and oxygen atoms in total. The molecule has 0 aliphatic heterocycles. The first-order valence-electron chi connectivity index (χ1n) is 9.86. The zero-order chi connectivity index (χ0) is 23.2. The molecule has 166 valence electrons. The molecule has 4 aromatic rings. The van der Waals surface area contributed by atoms with E-state index in [2.05, 4.69) is 9.97 Å². The van der Waals surface area contributed by atoms with Gasteiger partial charge in [0.1, 0.15) is 29.5 Å². The largest absolute Gasteiger partial charge is 0.455 e. The second-order valence-corrected chi connectivity index (χ2v) is 7.63. The van der Waals surface area contributed by atoms with Crippen molar-refractivity contribution in [2.75, 3.05) is 4.90 Å². The van der Waals surface area contributed by atoms with Crippen LogP contribution in [0.1, 0.15) is 23.0 Å². The number of halogens is 1. The average Bonchev–Trinajstić information content (AvgIpc) is 3.28. The van der Waals surface area contributed by atoms with Crippen molar-refractivity contribution in [1.29, 1.82) is 0 Å². The van der Waals surface area contributed by atoms with E-state index in [0.29, 0.717) is 17.2 Å². The summed E-state index contributed by atoms with van der Waals surface area (Å²) in [6, 6.07) is 16.1. The number of esters is 1. The highest BCUT2D eigenvalue weighted by Crippen LogP contribution is 2.31. The summed E-state index contributed by atoms with van der Waals surface area (Å²) in [7, 11) is 0. The van der Waals surface area contributed by atoms with E-state index in [4.69, 9.17) is 9.47 Å². The topological polar surface area (TPSA) is 81.6 Å². The zero-order valence-corrected chi connectivity index (χ0v) is 18.3.